The van der Waals surface area contributed by atoms with Crippen molar-refractivity contribution < 1.29 is 13.2 Å². The van der Waals surface area contributed by atoms with Crippen LogP contribution < -0.4 is 4.90 Å². The second-order valence-corrected chi connectivity index (χ2v) is 6.56. The van der Waals surface area contributed by atoms with Gasteiger partial charge in [-0.25, -0.2) is 4.98 Å². The zero-order valence-electron chi connectivity index (χ0n) is 10.2. The minimum atomic E-state index is -4.31. The van der Waals surface area contributed by atoms with Gasteiger partial charge in [-0.15, -0.1) is 0 Å². The summed E-state index contributed by atoms with van der Waals surface area (Å²) in [6, 6.07) is 3.45. The molecule has 3 rings (SSSR count). The highest BCUT2D eigenvalue weighted by molar-refractivity contribution is 9.09. The van der Waals surface area contributed by atoms with E-state index in [1.807, 2.05) is 0 Å². The molecule has 1 aromatic rings. The van der Waals surface area contributed by atoms with Crippen molar-refractivity contribution >= 4 is 21.7 Å². The van der Waals surface area contributed by atoms with Gasteiger partial charge in [0.1, 0.15) is 5.82 Å². The fraction of sp³-hybridized carbons (Fsp3) is 0.615. The lowest BCUT2D eigenvalue weighted by molar-refractivity contribution is -0.137. The van der Waals surface area contributed by atoms with E-state index in [1.165, 1.54) is 6.07 Å². The first-order valence-corrected chi connectivity index (χ1v) is 7.32. The highest BCUT2D eigenvalue weighted by Crippen LogP contribution is 2.41. The van der Waals surface area contributed by atoms with Gasteiger partial charge in [0.15, 0.2) is 0 Å². The van der Waals surface area contributed by atoms with Gasteiger partial charge >= 0.3 is 6.18 Å². The summed E-state index contributed by atoms with van der Waals surface area (Å²) in [5.74, 6) is 0.680. The Labute approximate surface area is 118 Å². The van der Waals surface area contributed by atoms with E-state index in [-0.39, 0.29) is 0 Å². The number of hydrogen-bond donors (Lipinski definition) is 0. The van der Waals surface area contributed by atoms with Crippen LogP contribution in [-0.4, -0.2) is 21.9 Å². The van der Waals surface area contributed by atoms with Crippen LogP contribution in [0.4, 0.5) is 19.0 Å². The molecular weight excluding hydrogens is 321 g/mol. The molecule has 104 valence electrons. The molecule has 0 saturated carbocycles. The van der Waals surface area contributed by atoms with Crippen molar-refractivity contribution in [1.29, 1.82) is 0 Å². The minimum absolute atomic E-state index is 0.410. The lowest BCUT2D eigenvalue weighted by Crippen LogP contribution is -2.43. The summed E-state index contributed by atoms with van der Waals surface area (Å²) in [4.78, 5) is 6.76. The predicted molar refractivity (Wildman–Crippen MR) is 70.5 cm³/mol. The number of aromatic nitrogens is 1. The molecular formula is C13H14BrF3N2. The van der Waals surface area contributed by atoms with Gasteiger partial charge in [-0.2, -0.15) is 13.2 Å². The van der Waals surface area contributed by atoms with Crippen molar-refractivity contribution in [1.82, 2.24) is 4.98 Å². The standard InChI is InChI=1S/C13H14BrF3N2/c14-9-5-10-2-3-11(6-9)19(10)12-4-1-8(7-18-12)13(15,16)17/h1,4,7,9-11H,2-3,5-6H2. The summed E-state index contributed by atoms with van der Waals surface area (Å²) >= 11 is 3.65. The second-order valence-electron chi connectivity index (χ2n) is 5.26. The van der Waals surface area contributed by atoms with Crippen LogP contribution >= 0.6 is 15.9 Å². The van der Waals surface area contributed by atoms with Crippen LogP contribution in [0.5, 0.6) is 0 Å². The Morgan fingerprint density at radius 3 is 2.26 bits per heavy atom. The molecule has 0 amide bonds. The molecule has 1 aromatic heterocycles. The van der Waals surface area contributed by atoms with Gasteiger partial charge in [0.2, 0.25) is 0 Å². The summed E-state index contributed by atoms with van der Waals surface area (Å²) in [7, 11) is 0. The Morgan fingerprint density at radius 2 is 1.79 bits per heavy atom. The fourth-order valence-corrected chi connectivity index (χ4v) is 4.05. The maximum Gasteiger partial charge on any atom is 0.417 e. The van der Waals surface area contributed by atoms with E-state index in [0.717, 1.165) is 37.9 Å². The van der Waals surface area contributed by atoms with Crippen LogP contribution in [0.2, 0.25) is 0 Å². The zero-order valence-corrected chi connectivity index (χ0v) is 11.8. The molecule has 0 aliphatic carbocycles. The molecule has 2 fully saturated rings. The van der Waals surface area contributed by atoms with Gasteiger partial charge in [0.05, 0.1) is 5.56 Å². The lowest BCUT2D eigenvalue weighted by Gasteiger charge is -2.38. The summed E-state index contributed by atoms with van der Waals surface area (Å²) in [6.07, 6.45) is 0.922. The van der Waals surface area contributed by atoms with Crippen LogP contribution in [0.1, 0.15) is 31.2 Å². The Morgan fingerprint density at radius 1 is 1.16 bits per heavy atom. The molecule has 2 aliphatic rings. The Kier molecular flexibility index (Phi) is 3.23. The highest BCUT2D eigenvalue weighted by Gasteiger charge is 2.40. The number of fused-ring (bicyclic) bond motifs is 2. The first kappa shape index (κ1) is 13.2. The van der Waals surface area contributed by atoms with Crippen molar-refractivity contribution in [3.8, 4) is 0 Å². The number of alkyl halides is 4. The molecule has 19 heavy (non-hydrogen) atoms. The average Bonchev–Trinajstić information content (AvgIpc) is 2.61. The van der Waals surface area contributed by atoms with Crippen molar-refractivity contribution in [2.45, 2.75) is 48.8 Å². The van der Waals surface area contributed by atoms with Gasteiger partial charge in [-0.05, 0) is 37.8 Å². The van der Waals surface area contributed by atoms with Gasteiger partial charge < -0.3 is 4.90 Å². The SMILES string of the molecule is FC(F)(F)c1ccc(N2C3CCC2CC(Br)C3)nc1. The highest BCUT2D eigenvalue weighted by atomic mass is 79.9. The van der Waals surface area contributed by atoms with Crippen LogP contribution in [0.15, 0.2) is 18.3 Å². The lowest BCUT2D eigenvalue weighted by atomic mass is 10.0. The summed E-state index contributed by atoms with van der Waals surface area (Å²) in [5.41, 5.74) is -0.682. The Balaban J connectivity index is 1.84. The number of anilines is 1. The number of nitrogens with zero attached hydrogens (tertiary/aromatic N) is 2. The molecule has 0 aromatic carbocycles. The van der Waals surface area contributed by atoms with Crippen molar-refractivity contribution in [2.24, 2.45) is 0 Å². The predicted octanol–water partition coefficient (Wildman–Crippen LogP) is 4.00. The van der Waals surface area contributed by atoms with Gasteiger partial charge in [0, 0.05) is 23.1 Å². The third-order valence-corrected chi connectivity index (χ3v) is 4.76. The van der Waals surface area contributed by atoms with E-state index < -0.39 is 11.7 Å². The number of hydrogen-bond acceptors (Lipinski definition) is 2. The summed E-state index contributed by atoms with van der Waals surface area (Å²) in [5, 5.41) is 0. The van der Waals surface area contributed by atoms with Crippen molar-refractivity contribution in [2.75, 3.05) is 4.90 Å². The molecule has 2 nitrogen and oxygen atoms in total. The second kappa shape index (κ2) is 4.65. The third-order valence-electron chi connectivity index (χ3n) is 4.02. The number of halogens is 4. The largest absolute Gasteiger partial charge is 0.417 e. The Bertz CT molecular complexity index is 446. The van der Waals surface area contributed by atoms with Gasteiger partial charge in [0.25, 0.3) is 0 Å². The number of rotatable bonds is 1. The summed E-state index contributed by atoms with van der Waals surface area (Å²) in [6.45, 7) is 0. The van der Waals surface area contributed by atoms with E-state index in [9.17, 15) is 13.2 Å². The van der Waals surface area contributed by atoms with E-state index in [1.54, 1.807) is 0 Å². The molecule has 2 saturated heterocycles. The molecule has 6 heteroatoms. The summed E-state index contributed by atoms with van der Waals surface area (Å²) < 4.78 is 37.6. The van der Waals surface area contributed by atoms with Gasteiger partial charge in [-0.3, -0.25) is 0 Å². The smallest absolute Gasteiger partial charge is 0.351 e. The van der Waals surface area contributed by atoms with E-state index in [2.05, 4.69) is 25.8 Å². The van der Waals surface area contributed by atoms with Crippen molar-refractivity contribution in [3.05, 3.63) is 23.9 Å². The first-order valence-electron chi connectivity index (χ1n) is 6.41. The molecule has 0 N–H and O–H groups in total. The van der Waals surface area contributed by atoms with E-state index in [4.69, 9.17) is 0 Å². The molecule has 0 radical (unpaired) electrons. The fourth-order valence-electron chi connectivity index (χ4n) is 3.19. The monoisotopic (exact) mass is 334 g/mol. The molecule has 3 heterocycles. The van der Waals surface area contributed by atoms with Gasteiger partial charge in [-0.1, -0.05) is 15.9 Å². The zero-order chi connectivity index (χ0) is 13.6. The normalized spacial score (nSPS) is 30.7. The van der Waals surface area contributed by atoms with Crippen LogP contribution in [-0.2, 0) is 6.18 Å². The molecule has 0 spiro atoms. The maximum atomic E-state index is 12.5. The van der Waals surface area contributed by atoms with E-state index >= 15 is 0 Å². The number of piperidine rings is 1. The average molecular weight is 335 g/mol. The Hall–Kier alpha value is -0.780. The molecule has 2 unspecified atom stereocenters. The number of pyridine rings is 1. The topological polar surface area (TPSA) is 16.1 Å². The van der Waals surface area contributed by atoms with Crippen molar-refractivity contribution in [3.63, 3.8) is 0 Å². The maximum absolute atomic E-state index is 12.5. The van der Waals surface area contributed by atoms with Crippen LogP contribution in [0.25, 0.3) is 0 Å². The van der Waals surface area contributed by atoms with E-state index in [0.29, 0.717) is 22.7 Å². The molecule has 2 bridgehead atoms. The quantitative estimate of drug-likeness (QED) is 0.722. The molecule has 2 atom stereocenters. The first-order chi connectivity index (χ1) is 8.95. The van der Waals surface area contributed by atoms with Crippen LogP contribution in [0.3, 0.4) is 0 Å². The molecule has 2 aliphatic heterocycles. The minimum Gasteiger partial charge on any atom is -0.351 e. The van der Waals surface area contributed by atoms with Crippen LogP contribution in [0, 0.1) is 0 Å². The third kappa shape index (κ3) is 2.47.